The van der Waals surface area contributed by atoms with Gasteiger partial charge in [-0.15, -0.1) is 0 Å². The summed E-state index contributed by atoms with van der Waals surface area (Å²) >= 11 is 6.98. The first-order chi connectivity index (χ1) is 12.0. The van der Waals surface area contributed by atoms with Crippen LogP contribution in [0.4, 0.5) is 14.5 Å². The Kier molecular flexibility index (Phi) is 5.24. The van der Waals surface area contributed by atoms with Gasteiger partial charge in [0.1, 0.15) is 0 Å². The molecular weight excluding hydrogens is 368 g/mol. The Morgan fingerprint density at radius 1 is 1.28 bits per heavy atom. The van der Waals surface area contributed by atoms with E-state index in [1.54, 1.807) is 49.4 Å². The molecule has 1 N–H and O–H groups in total. The molecule has 1 aromatic heterocycles. The van der Waals surface area contributed by atoms with Gasteiger partial charge in [0.05, 0.1) is 16.8 Å². The summed E-state index contributed by atoms with van der Waals surface area (Å²) in [6.45, 7) is -0.936. The van der Waals surface area contributed by atoms with Crippen LogP contribution in [0, 0.1) is 6.92 Å². The predicted octanol–water partition coefficient (Wildman–Crippen LogP) is 5.12. The Balaban J connectivity index is 1.75. The van der Waals surface area contributed by atoms with Crippen LogP contribution in [0.1, 0.15) is 12.1 Å². The van der Waals surface area contributed by atoms with Gasteiger partial charge in [0, 0.05) is 10.7 Å². The summed E-state index contributed by atoms with van der Waals surface area (Å²) in [6.07, 6.45) is 0. The van der Waals surface area contributed by atoms with Crippen LogP contribution in [0.3, 0.4) is 0 Å². The summed E-state index contributed by atoms with van der Waals surface area (Å²) in [5, 5.41) is 3.39. The number of hydrogen-bond donors (Lipinski definition) is 1. The fourth-order valence-corrected chi connectivity index (χ4v) is 3.36. The SMILES string of the molecule is Cc1c(Cl)cccc1NC(=O)CSc1nc2ccccc2n1C(F)F. The molecule has 0 saturated heterocycles. The maximum atomic E-state index is 13.4. The molecule has 0 aliphatic carbocycles. The van der Waals surface area contributed by atoms with Gasteiger partial charge in [0.25, 0.3) is 0 Å². The molecule has 130 valence electrons. The number of hydrogen-bond acceptors (Lipinski definition) is 3. The van der Waals surface area contributed by atoms with Gasteiger partial charge in [-0.1, -0.05) is 41.6 Å². The third-order valence-corrected chi connectivity index (χ3v) is 4.99. The number of thioether (sulfide) groups is 1. The van der Waals surface area contributed by atoms with Crippen molar-refractivity contribution in [2.45, 2.75) is 18.6 Å². The predicted molar refractivity (Wildman–Crippen MR) is 96.5 cm³/mol. The average Bonchev–Trinajstić information content (AvgIpc) is 2.96. The van der Waals surface area contributed by atoms with Crippen molar-refractivity contribution in [3.05, 3.63) is 53.1 Å². The third kappa shape index (κ3) is 3.77. The lowest BCUT2D eigenvalue weighted by molar-refractivity contribution is -0.113. The van der Waals surface area contributed by atoms with Gasteiger partial charge < -0.3 is 5.32 Å². The molecule has 0 saturated carbocycles. The van der Waals surface area contributed by atoms with Crippen LogP contribution in [-0.4, -0.2) is 21.2 Å². The van der Waals surface area contributed by atoms with Gasteiger partial charge >= 0.3 is 6.55 Å². The standard InChI is InChI=1S/C17H14ClF2N3OS/c1-10-11(18)5-4-7-12(10)21-15(24)9-25-17-22-13-6-2-3-8-14(13)23(17)16(19)20/h2-8,16H,9H2,1H3,(H,21,24). The number of carbonyl (C=O) groups excluding carboxylic acids is 1. The van der Waals surface area contributed by atoms with Crippen LogP contribution in [0.5, 0.6) is 0 Å². The lowest BCUT2D eigenvalue weighted by atomic mass is 10.2. The second-order valence-corrected chi connectivity index (χ2v) is 6.63. The number of fused-ring (bicyclic) bond motifs is 1. The Labute approximate surface area is 152 Å². The average molecular weight is 382 g/mol. The summed E-state index contributed by atoms with van der Waals surface area (Å²) in [5.74, 6) is -0.356. The van der Waals surface area contributed by atoms with Crippen molar-refractivity contribution in [2.24, 2.45) is 0 Å². The van der Waals surface area contributed by atoms with Crippen LogP contribution in [-0.2, 0) is 4.79 Å². The fourth-order valence-electron chi connectivity index (χ4n) is 2.37. The number of aromatic nitrogens is 2. The van der Waals surface area contributed by atoms with E-state index in [2.05, 4.69) is 10.3 Å². The molecule has 0 aliphatic rings. The molecule has 3 rings (SSSR count). The minimum atomic E-state index is -2.73. The maximum Gasteiger partial charge on any atom is 0.321 e. The molecule has 0 bridgehead atoms. The van der Waals surface area contributed by atoms with Gasteiger partial charge in [0.15, 0.2) is 5.16 Å². The molecular formula is C17H14ClF2N3OS. The van der Waals surface area contributed by atoms with Crippen LogP contribution >= 0.6 is 23.4 Å². The van der Waals surface area contributed by atoms with Gasteiger partial charge in [-0.05, 0) is 36.8 Å². The summed E-state index contributed by atoms with van der Waals surface area (Å²) < 4.78 is 27.5. The quantitative estimate of drug-likeness (QED) is 0.623. The molecule has 1 heterocycles. The highest BCUT2D eigenvalue weighted by Crippen LogP contribution is 2.29. The fraction of sp³-hybridized carbons (Fsp3) is 0.176. The number of nitrogens with one attached hydrogen (secondary N) is 1. The van der Waals surface area contributed by atoms with Gasteiger partial charge in [-0.25, -0.2) is 4.98 Å². The third-order valence-electron chi connectivity index (χ3n) is 3.63. The molecule has 0 radical (unpaired) electrons. The van der Waals surface area contributed by atoms with E-state index in [4.69, 9.17) is 11.6 Å². The first kappa shape index (κ1) is 17.7. The molecule has 1 amide bonds. The first-order valence-corrected chi connectivity index (χ1v) is 8.76. The Morgan fingerprint density at radius 3 is 2.80 bits per heavy atom. The van der Waals surface area contributed by atoms with E-state index in [1.807, 2.05) is 0 Å². The van der Waals surface area contributed by atoms with E-state index in [9.17, 15) is 13.6 Å². The Bertz CT molecular complexity index is 929. The van der Waals surface area contributed by atoms with Crippen LogP contribution in [0.15, 0.2) is 47.6 Å². The summed E-state index contributed by atoms with van der Waals surface area (Å²) in [5.41, 5.74) is 2.16. The van der Waals surface area contributed by atoms with Gasteiger partial charge in [-0.3, -0.25) is 9.36 Å². The van der Waals surface area contributed by atoms with Crippen LogP contribution in [0.2, 0.25) is 5.02 Å². The molecule has 2 aromatic carbocycles. The Morgan fingerprint density at radius 2 is 2.04 bits per heavy atom. The van der Waals surface area contributed by atoms with Crippen molar-refractivity contribution in [3.63, 3.8) is 0 Å². The molecule has 0 spiro atoms. The second-order valence-electron chi connectivity index (χ2n) is 5.28. The highest BCUT2D eigenvalue weighted by atomic mass is 35.5. The molecule has 0 atom stereocenters. The largest absolute Gasteiger partial charge is 0.325 e. The van der Waals surface area contributed by atoms with Crippen molar-refractivity contribution >= 4 is 46.0 Å². The lowest BCUT2D eigenvalue weighted by Gasteiger charge is -2.10. The highest BCUT2D eigenvalue weighted by Gasteiger charge is 2.19. The van der Waals surface area contributed by atoms with E-state index in [0.29, 0.717) is 21.7 Å². The van der Waals surface area contributed by atoms with Crippen LogP contribution < -0.4 is 5.32 Å². The van der Waals surface area contributed by atoms with Crippen molar-refractivity contribution in [2.75, 3.05) is 11.1 Å². The number of alkyl halides is 2. The number of imidazole rings is 1. The molecule has 25 heavy (non-hydrogen) atoms. The van der Waals surface area contributed by atoms with Crippen molar-refractivity contribution in [3.8, 4) is 0 Å². The Hall–Kier alpha value is -2.12. The number of nitrogens with zero attached hydrogens (tertiary/aromatic N) is 2. The minimum Gasteiger partial charge on any atom is -0.325 e. The normalized spacial score (nSPS) is 11.2. The minimum absolute atomic E-state index is 0.0397. The molecule has 0 aliphatic heterocycles. The molecule has 4 nitrogen and oxygen atoms in total. The van der Waals surface area contributed by atoms with Crippen molar-refractivity contribution in [1.82, 2.24) is 9.55 Å². The number of amides is 1. The maximum absolute atomic E-state index is 13.4. The smallest absolute Gasteiger partial charge is 0.321 e. The number of para-hydroxylation sites is 2. The second kappa shape index (κ2) is 7.41. The van der Waals surface area contributed by atoms with Crippen molar-refractivity contribution < 1.29 is 13.6 Å². The number of anilines is 1. The summed E-state index contributed by atoms with van der Waals surface area (Å²) in [6, 6.07) is 11.8. The zero-order valence-electron chi connectivity index (χ0n) is 13.2. The molecule has 3 aromatic rings. The number of carbonyl (C=O) groups is 1. The lowest BCUT2D eigenvalue weighted by Crippen LogP contribution is -2.15. The molecule has 0 fully saturated rings. The summed E-state index contributed by atoms with van der Waals surface area (Å²) in [7, 11) is 0. The number of benzene rings is 2. The highest BCUT2D eigenvalue weighted by molar-refractivity contribution is 7.99. The zero-order valence-corrected chi connectivity index (χ0v) is 14.7. The zero-order chi connectivity index (χ0) is 18.0. The van der Waals surface area contributed by atoms with E-state index in [-0.39, 0.29) is 16.8 Å². The monoisotopic (exact) mass is 381 g/mol. The number of rotatable bonds is 5. The van der Waals surface area contributed by atoms with E-state index >= 15 is 0 Å². The van der Waals surface area contributed by atoms with Crippen molar-refractivity contribution in [1.29, 1.82) is 0 Å². The van der Waals surface area contributed by atoms with Gasteiger partial charge in [-0.2, -0.15) is 8.78 Å². The first-order valence-electron chi connectivity index (χ1n) is 7.40. The molecule has 8 heteroatoms. The van der Waals surface area contributed by atoms with E-state index in [0.717, 1.165) is 21.9 Å². The van der Waals surface area contributed by atoms with Gasteiger partial charge in [0.2, 0.25) is 5.91 Å². The summed E-state index contributed by atoms with van der Waals surface area (Å²) in [4.78, 5) is 16.3. The number of halogens is 3. The topological polar surface area (TPSA) is 46.9 Å². The van der Waals surface area contributed by atoms with Crippen LogP contribution in [0.25, 0.3) is 11.0 Å². The van der Waals surface area contributed by atoms with E-state index < -0.39 is 6.55 Å². The molecule has 0 unspecified atom stereocenters. The van der Waals surface area contributed by atoms with E-state index in [1.165, 1.54) is 0 Å².